The van der Waals surface area contributed by atoms with Gasteiger partial charge in [-0.25, -0.2) is 8.42 Å². The fourth-order valence-electron chi connectivity index (χ4n) is 3.98. The normalized spacial score (nSPS) is 24.9. The van der Waals surface area contributed by atoms with Gasteiger partial charge < -0.3 is 9.64 Å². The summed E-state index contributed by atoms with van der Waals surface area (Å²) in [7, 11) is -1.05. The Morgan fingerprint density at radius 3 is 2.58 bits per heavy atom. The molecule has 3 aliphatic rings. The number of amides is 2. The van der Waals surface area contributed by atoms with Crippen LogP contribution in [0.4, 0.5) is 0 Å². The maximum Gasteiger partial charge on any atom is 0.339 e. The van der Waals surface area contributed by atoms with Crippen molar-refractivity contribution in [2.45, 2.75) is 29.5 Å². The predicted octanol–water partition coefficient (Wildman–Crippen LogP) is -1.95. The number of methoxy groups -OCH3 is 1. The van der Waals surface area contributed by atoms with Crippen LogP contribution < -0.4 is 11.1 Å². The van der Waals surface area contributed by atoms with Gasteiger partial charge >= 0.3 is 11.1 Å². The first-order chi connectivity index (χ1) is 14.7. The van der Waals surface area contributed by atoms with Crippen molar-refractivity contribution >= 4 is 33.4 Å². The first-order valence-corrected chi connectivity index (χ1v) is 12.2. The van der Waals surface area contributed by atoms with Crippen molar-refractivity contribution in [1.29, 1.82) is 0 Å². The highest BCUT2D eigenvalue weighted by molar-refractivity contribution is 7.99. The van der Waals surface area contributed by atoms with Gasteiger partial charge in [-0.05, 0) is 18.4 Å². The van der Waals surface area contributed by atoms with Gasteiger partial charge in [-0.15, -0.1) is 0 Å². The van der Waals surface area contributed by atoms with E-state index in [1.165, 1.54) is 18.8 Å². The number of nitrogens with one attached hydrogen (secondary N) is 1. The van der Waals surface area contributed by atoms with Gasteiger partial charge in [0.2, 0.25) is 0 Å². The first kappa shape index (κ1) is 21.8. The lowest BCUT2D eigenvalue weighted by Crippen LogP contribution is -2.71. The summed E-state index contributed by atoms with van der Waals surface area (Å²) in [6, 6.07) is 0. The molecule has 31 heavy (non-hydrogen) atoms. The molecule has 2 atom stereocenters. The largest absolute Gasteiger partial charge is 0.368 e. The fourth-order valence-corrected chi connectivity index (χ4v) is 7.07. The zero-order chi connectivity index (χ0) is 22.5. The second kappa shape index (κ2) is 7.91. The van der Waals surface area contributed by atoms with E-state index in [-0.39, 0.29) is 28.1 Å². The minimum Gasteiger partial charge on any atom is -0.368 e. The van der Waals surface area contributed by atoms with Gasteiger partial charge in [0.1, 0.15) is 5.70 Å². The van der Waals surface area contributed by atoms with E-state index in [0.717, 1.165) is 29.5 Å². The topological polar surface area (TPSA) is 152 Å². The Labute approximate surface area is 181 Å². The summed E-state index contributed by atoms with van der Waals surface area (Å²) in [4.78, 5) is 55.2. The van der Waals surface area contributed by atoms with E-state index in [0.29, 0.717) is 13.1 Å². The van der Waals surface area contributed by atoms with Crippen LogP contribution in [0.1, 0.15) is 12.8 Å². The molecule has 2 unspecified atom stereocenters. The molecule has 0 aliphatic carbocycles. The Morgan fingerprint density at radius 1 is 1.26 bits per heavy atom. The summed E-state index contributed by atoms with van der Waals surface area (Å²) in [6.07, 6.45) is 0.536. The number of H-pyrrole nitrogens is 1. The van der Waals surface area contributed by atoms with E-state index >= 15 is 0 Å². The maximum atomic E-state index is 13.2. The molecule has 2 fully saturated rings. The van der Waals surface area contributed by atoms with Crippen molar-refractivity contribution < 1.29 is 22.7 Å². The van der Waals surface area contributed by atoms with Gasteiger partial charge in [-0.3, -0.25) is 33.9 Å². The molecule has 4 heterocycles. The van der Waals surface area contributed by atoms with Gasteiger partial charge in [0.05, 0.1) is 5.75 Å². The Hall–Kier alpha value is -2.45. The number of nitrogens with zero attached hydrogens (tertiary/aromatic N) is 4. The summed E-state index contributed by atoms with van der Waals surface area (Å²) in [5.41, 5.74) is -1.54. The second-order valence-electron chi connectivity index (χ2n) is 7.50. The van der Waals surface area contributed by atoms with E-state index in [9.17, 15) is 27.6 Å². The highest BCUT2D eigenvalue weighted by atomic mass is 32.2. The van der Waals surface area contributed by atoms with E-state index in [1.807, 2.05) is 0 Å². The number of sulfone groups is 1. The number of ether oxygens (including phenoxy) is 1. The average molecular weight is 472 g/mol. The van der Waals surface area contributed by atoms with Crippen LogP contribution in [0.5, 0.6) is 0 Å². The Balaban J connectivity index is 1.73. The number of aromatic nitrogens is 3. The number of carbonyl (C=O) groups is 2. The molecule has 0 radical (unpaired) electrons. The minimum atomic E-state index is -3.80. The van der Waals surface area contributed by atoms with Crippen LogP contribution in [0.15, 0.2) is 26.0 Å². The number of fused-ring (bicyclic) bond motifs is 1. The van der Waals surface area contributed by atoms with Crippen molar-refractivity contribution in [2.75, 3.05) is 31.7 Å². The molecule has 12 nitrogen and oxygen atoms in total. The summed E-state index contributed by atoms with van der Waals surface area (Å²) >= 11 is 0.995. The highest BCUT2D eigenvalue weighted by Gasteiger charge is 2.60. The zero-order valence-corrected chi connectivity index (χ0v) is 18.5. The van der Waals surface area contributed by atoms with Gasteiger partial charge in [-0.2, -0.15) is 4.98 Å². The molecule has 2 amide bonds. The molecule has 168 valence electrons. The van der Waals surface area contributed by atoms with Crippen LogP contribution >= 0.6 is 11.8 Å². The molecule has 1 aromatic rings. The molecule has 3 aliphatic heterocycles. The third-order valence-corrected chi connectivity index (χ3v) is 8.55. The number of rotatable bonds is 5. The van der Waals surface area contributed by atoms with Crippen LogP contribution in [0.2, 0.25) is 0 Å². The van der Waals surface area contributed by atoms with Gasteiger partial charge in [0.25, 0.3) is 11.8 Å². The lowest BCUT2D eigenvalue weighted by molar-refractivity contribution is -0.161. The molecular formula is C17H21N5O7S2. The van der Waals surface area contributed by atoms with Crippen LogP contribution in [-0.2, 0) is 31.2 Å². The molecule has 2 saturated heterocycles. The van der Waals surface area contributed by atoms with Crippen molar-refractivity contribution in [3.63, 3.8) is 0 Å². The molecule has 1 N–H and O–H groups in total. The van der Waals surface area contributed by atoms with E-state index < -0.39 is 44.1 Å². The maximum absolute atomic E-state index is 13.2. The third kappa shape index (κ3) is 3.61. The summed E-state index contributed by atoms with van der Waals surface area (Å²) < 4.78 is 32.0. The SMILES string of the molecule is COC1C(=O)N2C(C(=O)N3CCCC3)=C(CSc3nc(=O)c(=O)[nH]n3C)CS(=O)(=O)C12. The van der Waals surface area contributed by atoms with Crippen LogP contribution in [0.25, 0.3) is 0 Å². The molecule has 0 bridgehead atoms. The number of aromatic amines is 1. The Kier molecular flexibility index (Phi) is 5.55. The molecule has 0 spiro atoms. The minimum absolute atomic E-state index is 0.00534. The highest BCUT2D eigenvalue weighted by Crippen LogP contribution is 2.40. The molecule has 0 saturated carbocycles. The van der Waals surface area contributed by atoms with Crippen molar-refractivity contribution in [3.8, 4) is 0 Å². The number of aryl methyl sites for hydroxylation is 1. The van der Waals surface area contributed by atoms with E-state index in [2.05, 4.69) is 10.1 Å². The van der Waals surface area contributed by atoms with Gasteiger partial charge in [-0.1, -0.05) is 11.8 Å². The number of β-lactam (4-membered cyclic amide) rings is 1. The second-order valence-corrected chi connectivity index (χ2v) is 10.5. The standard InChI is InChI=1S/C17H21N5O7S2/c1-20-17(18-12(23)13(24)19-20)30-7-9-8-31(27,28)16-11(29-2)15(26)22(16)10(9)14(25)21-5-3-4-6-21/h11,16H,3-8H2,1-2H3,(H,19,24). The summed E-state index contributed by atoms with van der Waals surface area (Å²) in [5, 5.41) is 1.23. The van der Waals surface area contributed by atoms with Crippen LogP contribution in [0.3, 0.4) is 0 Å². The number of hydrogen-bond donors (Lipinski definition) is 1. The van der Waals surface area contributed by atoms with E-state index in [4.69, 9.17) is 4.74 Å². The third-order valence-electron chi connectivity index (χ3n) is 5.49. The van der Waals surface area contributed by atoms with Crippen LogP contribution in [-0.4, -0.2) is 88.0 Å². The van der Waals surface area contributed by atoms with Crippen molar-refractivity contribution in [2.24, 2.45) is 7.05 Å². The molecule has 1 aromatic heterocycles. The van der Waals surface area contributed by atoms with Crippen molar-refractivity contribution in [3.05, 3.63) is 32.0 Å². The quantitative estimate of drug-likeness (QED) is 0.293. The monoisotopic (exact) mass is 471 g/mol. The smallest absolute Gasteiger partial charge is 0.339 e. The lowest BCUT2D eigenvalue weighted by Gasteiger charge is -2.49. The summed E-state index contributed by atoms with van der Waals surface area (Å²) in [6.45, 7) is 1.07. The van der Waals surface area contributed by atoms with Crippen LogP contribution in [0, 0.1) is 0 Å². The number of carbonyl (C=O) groups excluding carboxylic acids is 2. The number of likely N-dealkylation sites (tertiary alicyclic amines) is 1. The van der Waals surface area contributed by atoms with Gasteiger partial charge in [0.15, 0.2) is 26.5 Å². The lowest BCUT2D eigenvalue weighted by atomic mass is 10.0. The number of thioether (sulfide) groups is 1. The summed E-state index contributed by atoms with van der Waals surface area (Å²) in [5.74, 6) is -1.38. The van der Waals surface area contributed by atoms with Gasteiger partial charge in [0, 0.05) is 33.0 Å². The molecular weight excluding hydrogens is 450 g/mol. The average Bonchev–Trinajstić information content (AvgIpc) is 3.24. The van der Waals surface area contributed by atoms with E-state index in [1.54, 1.807) is 4.90 Å². The zero-order valence-electron chi connectivity index (χ0n) is 16.9. The predicted molar refractivity (Wildman–Crippen MR) is 109 cm³/mol. The Bertz CT molecular complexity index is 1200. The molecule has 0 aromatic carbocycles. The fraction of sp³-hybridized carbons (Fsp3) is 0.588. The van der Waals surface area contributed by atoms with Crippen molar-refractivity contribution in [1.82, 2.24) is 24.6 Å². The Morgan fingerprint density at radius 2 is 1.94 bits per heavy atom. The first-order valence-electron chi connectivity index (χ1n) is 9.54. The molecule has 14 heteroatoms. The molecule has 4 rings (SSSR count). The number of hydrogen-bond acceptors (Lipinski definition) is 9.